The number of hydrogen-bond acceptors (Lipinski definition) is 5. The third-order valence-corrected chi connectivity index (χ3v) is 6.07. The lowest BCUT2D eigenvalue weighted by atomic mass is 10.1. The van der Waals surface area contributed by atoms with Gasteiger partial charge >= 0.3 is 0 Å². The van der Waals surface area contributed by atoms with E-state index in [1.54, 1.807) is 22.0 Å². The summed E-state index contributed by atoms with van der Waals surface area (Å²) in [6.45, 7) is 8.67. The minimum absolute atomic E-state index is 0.105. The fraction of sp³-hybridized carbons (Fsp3) is 0.556. The second kappa shape index (κ2) is 8.09. The highest BCUT2D eigenvalue weighted by Gasteiger charge is 2.26. The van der Waals surface area contributed by atoms with Gasteiger partial charge in [-0.1, -0.05) is 19.6 Å². The van der Waals surface area contributed by atoms with E-state index in [-0.39, 0.29) is 5.91 Å². The van der Waals surface area contributed by atoms with Crippen LogP contribution in [0.1, 0.15) is 19.3 Å². The number of nitrogens with zero attached hydrogens (tertiary/aromatic N) is 5. The Hall–Kier alpha value is -2.06. The molecule has 1 aliphatic rings. The summed E-state index contributed by atoms with van der Waals surface area (Å²) < 4.78 is 7.57. The van der Waals surface area contributed by atoms with Gasteiger partial charge in [-0.3, -0.25) is 14.7 Å². The molecule has 0 aromatic carbocycles. The Balaban J connectivity index is 1.80. The highest BCUT2D eigenvalue weighted by atomic mass is 28.3. The maximum absolute atomic E-state index is 12.4. The number of anilines is 1. The first-order valence-corrected chi connectivity index (χ1v) is 12.9. The number of rotatable bonds is 7. The molecule has 1 amide bonds. The Morgan fingerprint density at radius 2 is 1.96 bits per heavy atom. The van der Waals surface area contributed by atoms with Crippen molar-refractivity contribution in [2.45, 2.75) is 51.7 Å². The first-order valence-electron chi connectivity index (χ1n) is 9.17. The predicted octanol–water partition coefficient (Wildman–Crippen LogP) is 3.17. The number of carbonyl (C=O) groups is 1. The number of pyridine rings is 1. The highest BCUT2D eigenvalue weighted by molar-refractivity contribution is 6.76. The minimum Gasteiger partial charge on any atom is -0.359 e. The van der Waals surface area contributed by atoms with Gasteiger partial charge in [0.1, 0.15) is 6.73 Å². The van der Waals surface area contributed by atoms with Crippen molar-refractivity contribution < 1.29 is 9.53 Å². The van der Waals surface area contributed by atoms with E-state index in [9.17, 15) is 4.79 Å². The molecule has 3 heterocycles. The van der Waals surface area contributed by atoms with E-state index in [2.05, 4.69) is 34.7 Å². The summed E-state index contributed by atoms with van der Waals surface area (Å²) in [4.78, 5) is 22.8. The number of piperidine rings is 1. The van der Waals surface area contributed by atoms with Crippen LogP contribution in [0.2, 0.25) is 25.7 Å². The van der Waals surface area contributed by atoms with Gasteiger partial charge in [0.05, 0.1) is 0 Å². The van der Waals surface area contributed by atoms with Gasteiger partial charge in [0.15, 0.2) is 5.82 Å². The van der Waals surface area contributed by atoms with Gasteiger partial charge < -0.3 is 4.74 Å². The molecule has 1 saturated heterocycles. The number of aromatic nitrogens is 4. The van der Waals surface area contributed by atoms with Crippen LogP contribution in [0.3, 0.4) is 0 Å². The standard InChI is InChI=1S/C18H27N5O2Si/c1-26(2,3)13-12-25-14-23-18(22-11-5-4-6-16(22)24)20-17(21-23)15-7-9-19-10-8-15/h7-10H,4-6,11-14H2,1-3H3. The molecule has 0 saturated carbocycles. The monoisotopic (exact) mass is 373 g/mol. The molecule has 0 atom stereocenters. The van der Waals surface area contributed by atoms with E-state index in [0.717, 1.165) is 24.4 Å². The first kappa shape index (κ1) is 18.7. The summed E-state index contributed by atoms with van der Waals surface area (Å²) in [5, 5.41) is 4.59. The molecule has 1 fully saturated rings. The van der Waals surface area contributed by atoms with Gasteiger partial charge in [-0.15, -0.1) is 5.10 Å². The summed E-state index contributed by atoms with van der Waals surface area (Å²) in [5.74, 6) is 1.28. The molecule has 0 aliphatic carbocycles. The van der Waals surface area contributed by atoms with Crippen LogP contribution in [0.5, 0.6) is 0 Å². The topological polar surface area (TPSA) is 73.1 Å². The van der Waals surface area contributed by atoms with Crippen molar-refractivity contribution in [3.63, 3.8) is 0 Å². The van der Waals surface area contributed by atoms with Crippen molar-refractivity contribution in [3.05, 3.63) is 24.5 Å². The second-order valence-corrected chi connectivity index (χ2v) is 13.4. The number of hydrogen-bond donors (Lipinski definition) is 0. The van der Waals surface area contributed by atoms with Crippen molar-refractivity contribution in [1.29, 1.82) is 0 Å². The molecule has 3 rings (SSSR count). The van der Waals surface area contributed by atoms with Crippen LogP contribution >= 0.6 is 0 Å². The van der Waals surface area contributed by atoms with Crippen molar-refractivity contribution in [2.75, 3.05) is 18.1 Å². The van der Waals surface area contributed by atoms with Gasteiger partial charge in [0.2, 0.25) is 11.9 Å². The zero-order valence-electron chi connectivity index (χ0n) is 15.8. The average Bonchev–Trinajstić information content (AvgIpc) is 3.03. The smallest absolute Gasteiger partial charge is 0.233 e. The largest absolute Gasteiger partial charge is 0.359 e. The fourth-order valence-electron chi connectivity index (χ4n) is 2.79. The fourth-order valence-corrected chi connectivity index (χ4v) is 3.55. The molecule has 26 heavy (non-hydrogen) atoms. The molecule has 7 nitrogen and oxygen atoms in total. The van der Waals surface area contributed by atoms with E-state index in [4.69, 9.17) is 4.74 Å². The molecular formula is C18H27N5O2Si. The molecular weight excluding hydrogens is 346 g/mol. The molecule has 0 N–H and O–H groups in total. The number of amides is 1. The van der Waals surface area contributed by atoms with E-state index < -0.39 is 8.07 Å². The Bertz CT molecular complexity index is 742. The van der Waals surface area contributed by atoms with Gasteiger partial charge in [0, 0.05) is 45.6 Å². The lowest BCUT2D eigenvalue weighted by Gasteiger charge is -2.25. The molecule has 140 valence electrons. The zero-order chi connectivity index (χ0) is 18.6. The third-order valence-electron chi connectivity index (χ3n) is 4.37. The summed E-state index contributed by atoms with van der Waals surface area (Å²) in [5.41, 5.74) is 0.881. The van der Waals surface area contributed by atoms with E-state index in [0.29, 0.717) is 38.1 Å². The van der Waals surface area contributed by atoms with Gasteiger partial charge in [0.25, 0.3) is 0 Å². The van der Waals surface area contributed by atoms with Crippen LogP contribution in [0.4, 0.5) is 5.95 Å². The summed E-state index contributed by atoms with van der Waals surface area (Å²) >= 11 is 0. The van der Waals surface area contributed by atoms with Crippen LogP contribution in [0.15, 0.2) is 24.5 Å². The zero-order valence-corrected chi connectivity index (χ0v) is 16.8. The molecule has 8 heteroatoms. The summed E-state index contributed by atoms with van der Waals surface area (Å²) in [7, 11) is -1.14. The molecule has 2 aromatic rings. The van der Waals surface area contributed by atoms with Crippen molar-refractivity contribution in [2.24, 2.45) is 0 Å². The van der Waals surface area contributed by atoms with E-state index in [1.807, 2.05) is 12.1 Å². The van der Waals surface area contributed by atoms with E-state index >= 15 is 0 Å². The summed E-state index contributed by atoms with van der Waals surface area (Å²) in [6.07, 6.45) is 5.92. The molecule has 0 spiro atoms. The third kappa shape index (κ3) is 4.76. The number of carbonyl (C=O) groups excluding carboxylic acids is 1. The Morgan fingerprint density at radius 3 is 2.65 bits per heavy atom. The second-order valence-electron chi connectivity index (χ2n) is 7.82. The summed E-state index contributed by atoms with van der Waals surface area (Å²) in [6, 6.07) is 4.83. The SMILES string of the molecule is C[Si](C)(C)CCOCn1nc(-c2ccncc2)nc1N1CCCCC1=O. The van der Waals surface area contributed by atoms with Crippen LogP contribution in [-0.2, 0) is 16.3 Å². The molecule has 0 bridgehead atoms. The maximum Gasteiger partial charge on any atom is 0.233 e. The Labute approximate surface area is 155 Å². The van der Waals surface area contributed by atoms with Crippen LogP contribution < -0.4 is 4.90 Å². The van der Waals surface area contributed by atoms with Gasteiger partial charge in [-0.25, -0.2) is 4.68 Å². The minimum atomic E-state index is -1.14. The molecule has 2 aromatic heterocycles. The van der Waals surface area contributed by atoms with E-state index in [1.165, 1.54) is 0 Å². The normalized spacial score (nSPS) is 15.5. The Morgan fingerprint density at radius 1 is 1.19 bits per heavy atom. The quantitative estimate of drug-likeness (QED) is 0.550. The van der Waals surface area contributed by atoms with Crippen LogP contribution in [0.25, 0.3) is 11.4 Å². The van der Waals surface area contributed by atoms with Crippen molar-refractivity contribution in [3.8, 4) is 11.4 Å². The Kier molecular flexibility index (Phi) is 5.82. The van der Waals surface area contributed by atoms with Gasteiger partial charge in [-0.05, 0) is 31.0 Å². The molecule has 1 aliphatic heterocycles. The lowest BCUT2D eigenvalue weighted by molar-refractivity contribution is -0.119. The van der Waals surface area contributed by atoms with Crippen LogP contribution in [0, 0.1) is 0 Å². The van der Waals surface area contributed by atoms with Crippen molar-refractivity contribution >= 4 is 19.9 Å². The van der Waals surface area contributed by atoms with Gasteiger partial charge in [-0.2, -0.15) is 4.98 Å². The average molecular weight is 374 g/mol. The highest BCUT2D eigenvalue weighted by Crippen LogP contribution is 2.23. The van der Waals surface area contributed by atoms with Crippen LogP contribution in [-0.4, -0.2) is 46.9 Å². The molecule has 0 radical (unpaired) electrons. The predicted molar refractivity (Wildman–Crippen MR) is 104 cm³/mol. The molecule has 0 unspecified atom stereocenters. The lowest BCUT2D eigenvalue weighted by Crippen LogP contribution is -2.37. The number of ether oxygens (including phenoxy) is 1. The first-order chi connectivity index (χ1) is 12.4. The maximum atomic E-state index is 12.4. The van der Waals surface area contributed by atoms with Crippen molar-refractivity contribution in [1.82, 2.24) is 19.7 Å².